The van der Waals surface area contributed by atoms with Gasteiger partial charge in [0.1, 0.15) is 5.82 Å². The van der Waals surface area contributed by atoms with E-state index in [9.17, 15) is 0 Å². The van der Waals surface area contributed by atoms with Crippen molar-refractivity contribution in [3.8, 4) is 0 Å². The fourth-order valence-corrected chi connectivity index (χ4v) is 4.23. The Morgan fingerprint density at radius 1 is 1.53 bits per heavy atom. The van der Waals surface area contributed by atoms with E-state index >= 15 is 0 Å². The Balaban J connectivity index is 1.87. The molecule has 108 valence electrons. The van der Waals surface area contributed by atoms with Gasteiger partial charge in [0.05, 0.1) is 0 Å². The molecule has 1 saturated heterocycles. The van der Waals surface area contributed by atoms with Crippen molar-refractivity contribution in [2.45, 2.75) is 56.7 Å². The van der Waals surface area contributed by atoms with Crippen molar-refractivity contribution >= 4 is 11.8 Å². The first-order valence-corrected chi connectivity index (χ1v) is 8.67. The molecule has 1 aliphatic rings. The molecule has 1 aromatic rings. The highest BCUT2D eigenvalue weighted by Crippen LogP contribution is 2.29. The molecule has 0 amide bonds. The lowest BCUT2D eigenvalue weighted by molar-refractivity contribution is 0.435. The molecule has 0 radical (unpaired) electrons. The molecule has 1 aliphatic heterocycles. The van der Waals surface area contributed by atoms with Crippen LogP contribution in [-0.2, 0) is 13.5 Å². The summed E-state index contributed by atoms with van der Waals surface area (Å²) in [6, 6.07) is 0.655. The fraction of sp³-hybridized carbons (Fsp3) is 0.800. The number of nitrogens with one attached hydrogen (secondary N) is 1. The zero-order valence-electron chi connectivity index (χ0n) is 12.3. The molecule has 1 aromatic heterocycles. The Morgan fingerprint density at radius 3 is 3.05 bits per heavy atom. The fourth-order valence-electron chi connectivity index (χ4n) is 2.75. The van der Waals surface area contributed by atoms with Gasteiger partial charge >= 0.3 is 0 Å². The predicted molar refractivity (Wildman–Crippen MR) is 83.7 cm³/mol. The van der Waals surface area contributed by atoms with Gasteiger partial charge < -0.3 is 9.88 Å². The van der Waals surface area contributed by atoms with Crippen LogP contribution in [0, 0.1) is 0 Å². The van der Waals surface area contributed by atoms with E-state index in [1.54, 1.807) is 0 Å². The van der Waals surface area contributed by atoms with Gasteiger partial charge in [-0.2, -0.15) is 11.8 Å². The van der Waals surface area contributed by atoms with Crippen molar-refractivity contribution in [1.29, 1.82) is 0 Å². The zero-order valence-corrected chi connectivity index (χ0v) is 13.1. The van der Waals surface area contributed by atoms with Crippen LogP contribution in [0.3, 0.4) is 0 Å². The minimum atomic E-state index is 0.655. The van der Waals surface area contributed by atoms with Crippen LogP contribution in [0.4, 0.5) is 0 Å². The van der Waals surface area contributed by atoms with Crippen LogP contribution >= 0.6 is 11.8 Å². The first-order chi connectivity index (χ1) is 9.31. The molecule has 0 saturated carbocycles. The van der Waals surface area contributed by atoms with E-state index in [1.165, 1.54) is 43.7 Å². The topological polar surface area (TPSA) is 29.9 Å². The molecule has 2 unspecified atom stereocenters. The minimum Gasteiger partial charge on any atom is -0.338 e. The SMILES string of the molecule is CCCNC(CCc1nccn1C)C1CCCCS1. The second-order valence-electron chi connectivity index (χ2n) is 5.46. The lowest BCUT2D eigenvalue weighted by Crippen LogP contribution is -2.40. The van der Waals surface area contributed by atoms with Crippen LogP contribution in [-0.4, -0.2) is 33.1 Å². The predicted octanol–water partition coefficient (Wildman–Crippen LogP) is 3.01. The highest BCUT2D eigenvalue weighted by molar-refractivity contribution is 8.00. The molecule has 2 atom stereocenters. The van der Waals surface area contributed by atoms with Crippen LogP contribution < -0.4 is 5.32 Å². The molecule has 1 fully saturated rings. The van der Waals surface area contributed by atoms with Gasteiger partial charge in [-0.25, -0.2) is 4.98 Å². The number of thioether (sulfide) groups is 1. The maximum atomic E-state index is 4.44. The first kappa shape index (κ1) is 14.9. The molecule has 3 nitrogen and oxygen atoms in total. The van der Waals surface area contributed by atoms with E-state index in [-0.39, 0.29) is 0 Å². The Hall–Kier alpha value is -0.480. The average molecular weight is 281 g/mol. The summed E-state index contributed by atoms with van der Waals surface area (Å²) in [5, 5.41) is 4.57. The number of hydrogen-bond donors (Lipinski definition) is 1. The largest absolute Gasteiger partial charge is 0.338 e. The van der Waals surface area contributed by atoms with Crippen molar-refractivity contribution < 1.29 is 0 Å². The van der Waals surface area contributed by atoms with Gasteiger partial charge in [-0.05, 0) is 38.0 Å². The number of aryl methyl sites for hydroxylation is 2. The summed E-state index contributed by atoms with van der Waals surface area (Å²) in [7, 11) is 2.09. The van der Waals surface area contributed by atoms with Crippen LogP contribution in [0.5, 0.6) is 0 Å². The summed E-state index contributed by atoms with van der Waals surface area (Å²) in [6.45, 7) is 3.39. The number of rotatable bonds is 7. The van der Waals surface area contributed by atoms with Gasteiger partial charge in [-0.15, -0.1) is 0 Å². The molecule has 19 heavy (non-hydrogen) atoms. The van der Waals surface area contributed by atoms with E-state index in [0.717, 1.165) is 18.2 Å². The van der Waals surface area contributed by atoms with Gasteiger partial charge in [0.25, 0.3) is 0 Å². The molecular formula is C15H27N3S. The maximum absolute atomic E-state index is 4.44. The molecule has 0 aromatic carbocycles. The van der Waals surface area contributed by atoms with E-state index in [1.807, 2.05) is 12.4 Å². The Labute approximate surface area is 121 Å². The third-order valence-corrected chi connectivity index (χ3v) is 5.44. The summed E-state index contributed by atoms with van der Waals surface area (Å²) in [6.07, 6.45) is 11.6. The number of hydrogen-bond acceptors (Lipinski definition) is 3. The second kappa shape index (κ2) is 7.95. The standard InChI is InChI=1S/C15H27N3S/c1-3-9-16-13(14-6-4-5-12-19-14)7-8-15-17-10-11-18(15)2/h10-11,13-14,16H,3-9,12H2,1-2H3. The van der Waals surface area contributed by atoms with Crippen molar-refractivity contribution in [2.75, 3.05) is 12.3 Å². The molecule has 0 aliphatic carbocycles. The van der Waals surface area contributed by atoms with Crippen molar-refractivity contribution in [2.24, 2.45) is 7.05 Å². The highest BCUT2D eigenvalue weighted by Gasteiger charge is 2.23. The average Bonchev–Trinajstić information content (AvgIpc) is 2.85. The molecule has 4 heteroatoms. The summed E-state index contributed by atoms with van der Waals surface area (Å²) in [5.41, 5.74) is 0. The van der Waals surface area contributed by atoms with Crippen LogP contribution in [0.25, 0.3) is 0 Å². The van der Waals surface area contributed by atoms with Crippen LogP contribution in [0.2, 0.25) is 0 Å². The van der Waals surface area contributed by atoms with Crippen molar-refractivity contribution in [3.63, 3.8) is 0 Å². The quantitative estimate of drug-likeness (QED) is 0.833. The summed E-state index contributed by atoms with van der Waals surface area (Å²) >= 11 is 2.17. The Bertz CT molecular complexity index is 358. The molecule has 0 spiro atoms. The van der Waals surface area contributed by atoms with Crippen LogP contribution in [0.15, 0.2) is 12.4 Å². The number of aromatic nitrogens is 2. The van der Waals surface area contributed by atoms with Gasteiger partial charge in [0, 0.05) is 37.2 Å². The van der Waals surface area contributed by atoms with E-state index in [2.05, 4.69) is 40.6 Å². The molecule has 2 heterocycles. The zero-order chi connectivity index (χ0) is 13.5. The van der Waals surface area contributed by atoms with Gasteiger partial charge in [-0.3, -0.25) is 0 Å². The molecule has 1 N–H and O–H groups in total. The Morgan fingerprint density at radius 2 is 2.42 bits per heavy atom. The summed E-state index contributed by atoms with van der Waals surface area (Å²) in [5.74, 6) is 2.56. The minimum absolute atomic E-state index is 0.655. The van der Waals surface area contributed by atoms with Gasteiger partial charge in [-0.1, -0.05) is 13.3 Å². The lowest BCUT2D eigenvalue weighted by Gasteiger charge is -2.30. The third-order valence-electron chi connectivity index (χ3n) is 3.92. The maximum Gasteiger partial charge on any atom is 0.108 e. The third kappa shape index (κ3) is 4.53. The van der Waals surface area contributed by atoms with Gasteiger partial charge in [0.2, 0.25) is 0 Å². The number of imidazole rings is 1. The smallest absolute Gasteiger partial charge is 0.108 e. The molecular weight excluding hydrogens is 254 g/mol. The normalized spacial score (nSPS) is 21.5. The number of nitrogens with zero attached hydrogens (tertiary/aromatic N) is 2. The monoisotopic (exact) mass is 281 g/mol. The molecule has 0 bridgehead atoms. The van der Waals surface area contributed by atoms with Gasteiger partial charge in [0.15, 0.2) is 0 Å². The Kier molecular flexibility index (Phi) is 6.24. The highest BCUT2D eigenvalue weighted by atomic mass is 32.2. The summed E-state index contributed by atoms with van der Waals surface area (Å²) in [4.78, 5) is 4.44. The van der Waals surface area contributed by atoms with Crippen molar-refractivity contribution in [3.05, 3.63) is 18.2 Å². The van der Waals surface area contributed by atoms with E-state index in [4.69, 9.17) is 0 Å². The first-order valence-electron chi connectivity index (χ1n) is 7.62. The lowest BCUT2D eigenvalue weighted by atomic mass is 10.0. The van der Waals surface area contributed by atoms with E-state index < -0.39 is 0 Å². The second-order valence-corrected chi connectivity index (χ2v) is 6.81. The van der Waals surface area contributed by atoms with Crippen LogP contribution in [0.1, 0.15) is 44.9 Å². The summed E-state index contributed by atoms with van der Waals surface area (Å²) < 4.78 is 2.14. The molecule has 2 rings (SSSR count). The van der Waals surface area contributed by atoms with Crippen molar-refractivity contribution in [1.82, 2.24) is 14.9 Å². The van der Waals surface area contributed by atoms with E-state index in [0.29, 0.717) is 6.04 Å².